The lowest BCUT2D eigenvalue weighted by Crippen LogP contribution is -2.18. The van der Waals surface area contributed by atoms with Gasteiger partial charge in [-0.3, -0.25) is 0 Å². The molecule has 88 valence electrons. The minimum atomic E-state index is 0.223. The summed E-state index contributed by atoms with van der Waals surface area (Å²) in [7, 11) is 0. The number of para-hydroxylation sites is 1. The second-order valence-electron chi connectivity index (χ2n) is 4.04. The summed E-state index contributed by atoms with van der Waals surface area (Å²) < 4.78 is 5.79. The van der Waals surface area contributed by atoms with Gasteiger partial charge >= 0.3 is 0 Å². The van der Waals surface area contributed by atoms with Gasteiger partial charge in [-0.2, -0.15) is 0 Å². The maximum absolute atomic E-state index is 5.79. The maximum atomic E-state index is 5.79. The maximum Gasteiger partial charge on any atom is 0.134 e. The fourth-order valence-electron chi connectivity index (χ4n) is 1.79. The average Bonchev–Trinajstić information content (AvgIpc) is 2.78. The molecule has 0 saturated heterocycles. The van der Waals surface area contributed by atoms with Crippen molar-refractivity contribution in [3.05, 3.63) is 36.1 Å². The van der Waals surface area contributed by atoms with Gasteiger partial charge in [-0.1, -0.05) is 18.2 Å². The van der Waals surface area contributed by atoms with Gasteiger partial charge in [0.05, 0.1) is 6.04 Å². The third-order valence-corrected chi connectivity index (χ3v) is 2.75. The lowest BCUT2D eigenvalue weighted by atomic mass is 10.2. The lowest BCUT2D eigenvalue weighted by molar-refractivity contribution is 0.455. The molecule has 0 aliphatic rings. The van der Waals surface area contributed by atoms with Crippen LogP contribution in [0.15, 0.2) is 34.7 Å². The van der Waals surface area contributed by atoms with Crippen LogP contribution in [0.4, 0.5) is 0 Å². The van der Waals surface area contributed by atoms with Crippen LogP contribution < -0.4 is 5.32 Å². The highest BCUT2D eigenvalue weighted by Crippen LogP contribution is 2.23. The molecule has 0 spiro atoms. The monoisotopic (exact) mass is 227 g/mol. The molecule has 0 radical (unpaired) electrons. The molecular weight excluding hydrogens is 210 g/mol. The van der Waals surface area contributed by atoms with Crippen LogP contribution in [0.5, 0.6) is 0 Å². The van der Waals surface area contributed by atoms with E-state index in [0.717, 1.165) is 29.7 Å². The first-order valence-electron chi connectivity index (χ1n) is 5.92. The molecule has 1 unspecified atom stereocenters. The van der Waals surface area contributed by atoms with Gasteiger partial charge in [0, 0.05) is 18.4 Å². The van der Waals surface area contributed by atoms with Crippen LogP contribution in [0.3, 0.4) is 0 Å². The Balaban J connectivity index is 2.02. The van der Waals surface area contributed by atoms with Crippen molar-refractivity contribution in [1.82, 2.24) is 5.32 Å². The fourth-order valence-corrected chi connectivity index (χ4v) is 1.79. The summed E-state index contributed by atoms with van der Waals surface area (Å²) in [5, 5.41) is 4.56. The van der Waals surface area contributed by atoms with Crippen LogP contribution in [0.25, 0.3) is 11.0 Å². The van der Waals surface area contributed by atoms with Crippen molar-refractivity contribution in [3.8, 4) is 11.8 Å². The number of hydrogen-bond acceptors (Lipinski definition) is 2. The number of hydrogen-bond donors (Lipinski definition) is 1. The molecule has 0 fully saturated rings. The van der Waals surface area contributed by atoms with Gasteiger partial charge in [0.25, 0.3) is 0 Å². The lowest BCUT2D eigenvalue weighted by Gasteiger charge is -2.09. The molecule has 0 amide bonds. The summed E-state index contributed by atoms with van der Waals surface area (Å²) in [5.74, 6) is 6.91. The predicted molar refractivity (Wildman–Crippen MR) is 70.7 cm³/mol. The van der Waals surface area contributed by atoms with Crippen LogP contribution in [0, 0.1) is 11.8 Å². The van der Waals surface area contributed by atoms with Crippen molar-refractivity contribution < 1.29 is 4.42 Å². The molecule has 0 aliphatic carbocycles. The molecule has 2 rings (SSSR count). The number of rotatable bonds is 4. The van der Waals surface area contributed by atoms with E-state index >= 15 is 0 Å². The van der Waals surface area contributed by atoms with Crippen molar-refractivity contribution in [1.29, 1.82) is 0 Å². The van der Waals surface area contributed by atoms with Gasteiger partial charge in [0.1, 0.15) is 11.3 Å². The second-order valence-corrected chi connectivity index (χ2v) is 4.04. The molecule has 1 aromatic heterocycles. The standard InChI is InChI=1S/C15H17NO/c1-3-4-7-10-16-12(2)15-11-13-8-5-6-9-14(13)17-15/h5-6,8-9,11-12,16H,7,10H2,1-2H3. The zero-order valence-corrected chi connectivity index (χ0v) is 10.3. The van der Waals surface area contributed by atoms with E-state index < -0.39 is 0 Å². The van der Waals surface area contributed by atoms with Gasteiger partial charge in [-0.15, -0.1) is 11.8 Å². The smallest absolute Gasteiger partial charge is 0.134 e. The number of fused-ring (bicyclic) bond motifs is 1. The Hall–Kier alpha value is -1.72. The van der Waals surface area contributed by atoms with Gasteiger partial charge < -0.3 is 9.73 Å². The summed E-state index contributed by atoms with van der Waals surface area (Å²) in [6.45, 7) is 4.86. The molecule has 2 heteroatoms. The van der Waals surface area contributed by atoms with Gasteiger partial charge in [-0.25, -0.2) is 0 Å². The van der Waals surface area contributed by atoms with Crippen molar-refractivity contribution in [2.45, 2.75) is 26.3 Å². The fraction of sp³-hybridized carbons (Fsp3) is 0.333. The zero-order valence-electron chi connectivity index (χ0n) is 10.3. The molecule has 1 aromatic carbocycles. The van der Waals surface area contributed by atoms with Crippen molar-refractivity contribution in [2.75, 3.05) is 6.54 Å². The summed E-state index contributed by atoms with van der Waals surface area (Å²) in [5.41, 5.74) is 0.949. The first-order valence-corrected chi connectivity index (χ1v) is 5.92. The zero-order chi connectivity index (χ0) is 12.1. The van der Waals surface area contributed by atoms with Crippen LogP contribution in [-0.2, 0) is 0 Å². The molecule has 1 heterocycles. The molecule has 0 aliphatic heterocycles. The summed E-state index contributed by atoms with van der Waals surface area (Å²) >= 11 is 0. The Bertz CT molecular complexity index is 512. The molecule has 0 saturated carbocycles. The van der Waals surface area contributed by atoms with Gasteiger partial charge in [0.15, 0.2) is 0 Å². The van der Waals surface area contributed by atoms with E-state index in [1.165, 1.54) is 0 Å². The van der Waals surface area contributed by atoms with Gasteiger partial charge in [-0.05, 0) is 26.0 Å². The number of benzene rings is 1. The van der Waals surface area contributed by atoms with Gasteiger partial charge in [0.2, 0.25) is 0 Å². The normalized spacial score (nSPS) is 12.1. The number of furan rings is 1. The first kappa shape index (κ1) is 11.8. The van der Waals surface area contributed by atoms with E-state index in [9.17, 15) is 0 Å². The van der Waals surface area contributed by atoms with Crippen LogP contribution >= 0.6 is 0 Å². The van der Waals surface area contributed by atoms with E-state index in [-0.39, 0.29) is 6.04 Å². The average molecular weight is 227 g/mol. The quantitative estimate of drug-likeness (QED) is 0.639. The van der Waals surface area contributed by atoms with Crippen LogP contribution in [0.2, 0.25) is 0 Å². The highest BCUT2D eigenvalue weighted by Gasteiger charge is 2.09. The van der Waals surface area contributed by atoms with E-state index in [0.29, 0.717) is 0 Å². The largest absolute Gasteiger partial charge is 0.459 e. The van der Waals surface area contributed by atoms with Crippen molar-refractivity contribution in [3.63, 3.8) is 0 Å². The third-order valence-electron chi connectivity index (χ3n) is 2.75. The Morgan fingerprint density at radius 3 is 2.94 bits per heavy atom. The molecular formula is C15H17NO. The summed E-state index contributed by atoms with van der Waals surface area (Å²) in [4.78, 5) is 0. The molecule has 0 bridgehead atoms. The molecule has 17 heavy (non-hydrogen) atoms. The SMILES string of the molecule is CC#CCCNC(C)c1cc2ccccc2o1. The Kier molecular flexibility index (Phi) is 3.85. The third kappa shape index (κ3) is 2.89. The van der Waals surface area contributed by atoms with Crippen molar-refractivity contribution in [2.24, 2.45) is 0 Å². The Morgan fingerprint density at radius 2 is 2.18 bits per heavy atom. The van der Waals surface area contributed by atoms with E-state index in [1.54, 1.807) is 0 Å². The van der Waals surface area contributed by atoms with Crippen LogP contribution in [-0.4, -0.2) is 6.54 Å². The minimum absolute atomic E-state index is 0.223. The second kappa shape index (κ2) is 5.56. The number of nitrogens with one attached hydrogen (secondary N) is 1. The molecule has 2 aromatic rings. The van der Waals surface area contributed by atoms with Crippen molar-refractivity contribution >= 4 is 11.0 Å². The van der Waals surface area contributed by atoms with E-state index in [4.69, 9.17) is 4.42 Å². The highest BCUT2D eigenvalue weighted by molar-refractivity contribution is 5.77. The molecule has 1 atom stereocenters. The minimum Gasteiger partial charge on any atom is -0.459 e. The Labute approximate surface area is 102 Å². The summed E-state index contributed by atoms with van der Waals surface area (Å²) in [6, 6.07) is 10.4. The predicted octanol–water partition coefficient (Wildman–Crippen LogP) is 3.50. The molecule has 2 nitrogen and oxygen atoms in total. The highest BCUT2D eigenvalue weighted by atomic mass is 16.3. The van der Waals surface area contributed by atoms with E-state index in [2.05, 4.69) is 36.2 Å². The topological polar surface area (TPSA) is 25.2 Å². The van der Waals surface area contributed by atoms with E-state index in [1.807, 2.05) is 25.1 Å². The summed E-state index contributed by atoms with van der Waals surface area (Å²) in [6.07, 6.45) is 0.876. The first-order chi connectivity index (χ1) is 8.31. The molecule has 1 N–H and O–H groups in total. The Morgan fingerprint density at radius 1 is 1.35 bits per heavy atom. The van der Waals surface area contributed by atoms with Crippen LogP contribution in [0.1, 0.15) is 32.1 Å².